The third-order valence-electron chi connectivity index (χ3n) is 4.19. The van der Waals surface area contributed by atoms with Crippen LogP contribution in [-0.2, 0) is 10.0 Å². The standard InChI is InChI=1S/C20H24N6O2S/c1-13(2)10-19(24-25-20(21)22)17-12-23-18-9-8-14(11-16(17)18)26-29(27,28)15-6-4-3-5-7-15/h3-9,11-13,23,26H,10H2,1-2H3,(H4,21,22,25)/b24-19-. The number of anilines is 1. The van der Waals surface area contributed by atoms with Crippen molar-refractivity contribution >= 4 is 38.3 Å². The lowest BCUT2D eigenvalue weighted by Gasteiger charge is -2.10. The first-order valence-electron chi connectivity index (χ1n) is 9.11. The first kappa shape index (κ1) is 20.4. The molecule has 0 saturated heterocycles. The normalized spacial score (nSPS) is 12.3. The van der Waals surface area contributed by atoms with Crippen LogP contribution >= 0.6 is 0 Å². The molecule has 1 heterocycles. The second kappa shape index (κ2) is 8.36. The van der Waals surface area contributed by atoms with Gasteiger partial charge in [-0.25, -0.2) is 8.42 Å². The van der Waals surface area contributed by atoms with Crippen LogP contribution in [0.4, 0.5) is 5.69 Å². The first-order valence-corrected chi connectivity index (χ1v) is 10.6. The maximum atomic E-state index is 12.6. The van der Waals surface area contributed by atoms with Crippen LogP contribution in [0.3, 0.4) is 0 Å². The maximum absolute atomic E-state index is 12.6. The van der Waals surface area contributed by atoms with Gasteiger partial charge in [-0.2, -0.15) is 5.10 Å². The second-order valence-electron chi connectivity index (χ2n) is 7.05. The number of aromatic amines is 1. The van der Waals surface area contributed by atoms with Crippen molar-refractivity contribution in [3.63, 3.8) is 0 Å². The first-order chi connectivity index (χ1) is 13.8. The third kappa shape index (κ3) is 4.94. The molecule has 0 saturated carbocycles. The van der Waals surface area contributed by atoms with Crippen LogP contribution in [0.1, 0.15) is 25.8 Å². The zero-order valence-corrected chi connectivity index (χ0v) is 17.1. The summed E-state index contributed by atoms with van der Waals surface area (Å²) in [5, 5.41) is 8.82. The molecule has 2 aromatic carbocycles. The molecule has 9 heteroatoms. The highest BCUT2D eigenvalue weighted by atomic mass is 32.2. The number of hydrogen-bond donors (Lipinski definition) is 4. The van der Waals surface area contributed by atoms with Gasteiger partial charge in [0.2, 0.25) is 5.96 Å². The van der Waals surface area contributed by atoms with E-state index in [4.69, 9.17) is 11.5 Å². The molecular formula is C20H24N6O2S. The van der Waals surface area contributed by atoms with Crippen LogP contribution < -0.4 is 16.2 Å². The van der Waals surface area contributed by atoms with Crippen molar-refractivity contribution in [1.82, 2.24) is 4.98 Å². The molecule has 152 valence electrons. The van der Waals surface area contributed by atoms with Gasteiger partial charge in [0.15, 0.2) is 0 Å². The Labute approximate surface area is 169 Å². The van der Waals surface area contributed by atoms with Crippen LogP contribution in [0.2, 0.25) is 0 Å². The molecule has 0 fully saturated rings. The van der Waals surface area contributed by atoms with E-state index in [1.165, 1.54) is 0 Å². The summed E-state index contributed by atoms with van der Waals surface area (Å²) in [5.74, 6) is 0.204. The monoisotopic (exact) mass is 412 g/mol. The highest BCUT2D eigenvalue weighted by Gasteiger charge is 2.16. The molecule has 1 aromatic heterocycles. The van der Waals surface area contributed by atoms with Gasteiger partial charge in [0, 0.05) is 28.4 Å². The fraction of sp³-hybridized carbons (Fsp3) is 0.200. The molecule has 0 aliphatic carbocycles. The van der Waals surface area contributed by atoms with E-state index in [9.17, 15) is 8.42 Å². The summed E-state index contributed by atoms with van der Waals surface area (Å²) >= 11 is 0. The molecule has 29 heavy (non-hydrogen) atoms. The quantitative estimate of drug-likeness (QED) is 0.269. The highest BCUT2D eigenvalue weighted by Crippen LogP contribution is 2.26. The molecule has 0 radical (unpaired) electrons. The number of rotatable bonds is 7. The minimum Gasteiger partial charge on any atom is -0.369 e. The summed E-state index contributed by atoms with van der Waals surface area (Å²) < 4.78 is 27.9. The number of fused-ring (bicyclic) bond motifs is 1. The van der Waals surface area contributed by atoms with Gasteiger partial charge in [0.1, 0.15) is 0 Å². The van der Waals surface area contributed by atoms with Gasteiger partial charge in [-0.3, -0.25) is 4.72 Å². The van der Waals surface area contributed by atoms with Crippen molar-refractivity contribution in [2.75, 3.05) is 4.72 Å². The summed E-state index contributed by atoms with van der Waals surface area (Å²) in [4.78, 5) is 3.38. The Hall–Kier alpha value is -3.33. The van der Waals surface area contributed by atoms with E-state index in [1.807, 2.05) is 12.3 Å². The summed E-state index contributed by atoms with van der Waals surface area (Å²) in [6.07, 6.45) is 2.48. The lowest BCUT2D eigenvalue weighted by molar-refractivity contribution is 0.601. The number of hydrogen-bond acceptors (Lipinski definition) is 4. The van der Waals surface area contributed by atoms with Gasteiger partial charge in [-0.1, -0.05) is 32.0 Å². The van der Waals surface area contributed by atoms with Gasteiger partial charge < -0.3 is 16.5 Å². The number of nitrogens with zero attached hydrogens (tertiary/aromatic N) is 2. The second-order valence-corrected chi connectivity index (χ2v) is 8.73. The van der Waals surface area contributed by atoms with Crippen LogP contribution in [-0.4, -0.2) is 25.1 Å². The largest absolute Gasteiger partial charge is 0.369 e. The van der Waals surface area contributed by atoms with E-state index < -0.39 is 10.0 Å². The van der Waals surface area contributed by atoms with E-state index in [0.717, 1.165) is 16.5 Å². The van der Waals surface area contributed by atoms with Crippen molar-refractivity contribution < 1.29 is 8.42 Å². The molecule has 6 N–H and O–H groups in total. The molecule has 0 aliphatic rings. The van der Waals surface area contributed by atoms with Crippen molar-refractivity contribution in [2.24, 2.45) is 27.6 Å². The lowest BCUT2D eigenvalue weighted by Crippen LogP contribution is -2.22. The number of guanidine groups is 1. The van der Waals surface area contributed by atoms with E-state index in [-0.39, 0.29) is 10.9 Å². The number of benzene rings is 2. The Morgan fingerprint density at radius 3 is 2.48 bits per heavy atom. The Balaban J connectivity index is 2.02. The zero-order chi connectivity index (χ0) is 21.0. The lowest BCUT2D eigenvalue weighted by atomic mass is 10.00. The number of sulfonamides is 1. The fourth-order valence-electron chi connectivity index (χ4n) is 2.95. The van der Waals surface area contributed by atoms with Crippen LogP contribution in [0.5, 0.6) is 0 Å². The van der Waals surface area contributed by atoms with Crippen LogP contribution in [0.25, 0.3) is 10.9 Å². The summed E-state index contributed by atoms with van der Waals surface area (Å²) in [6, 6.07) is 13.5. The Morgan fingerprint density at radius 1 is 1.10 bits per heavy atom. The molecule has 8 nitrogen and oxygen atoms in total. The molecule has 0 unspecified atom stereocenters. The molecule has 3 aromatic rings. The molecule has 0 atom stereocenters. The van der Waals surface area contributed by atoms with Crippen molar-refractivity contribution in [3.05, 3.63) is 60.3 Å². The summed E-state index contributed by atoms with van der Waals surface area (Å²) in [5.41, 5.74) is 13.7. The summed E-state index contributed by atoms with van der Waals surface area (Å²) in [6.45, 7) is 4.14. The SMILES string of the molecule is CC(C)C/C(=N/N=C(N)N)c1c[nH]c2ccc(NS(=O)(=O)c3ccccc3)cc12. The van der Waals surface area contributed by atoms with E-state index in [0.29, 0.717) is 23.7 Å². The van der Waals surface area contributed by atoms with Gasteiger partial charge >= 0.3 is 0 Å². The molecule has 0 spiro atoms. The average Bonchev–Trinajstić information content (AvgIpc) is 3.08. The molecular weight excluding hydrogens is 388 g/mol. The van der Waals surface area contributed by atoms with Gasteiger partial charge in [0.05, 0.1) is 10.6 Å². The minimum atomic E-state index is -3.68. The molecule has 0 aliphatic heterocycles. The number of nitrogens with two attached hydrogens (primary N) is 2. The number of H-pyrrole nitrogens is 1. The highest BCUT2D eigenvalue weighted by molar-refractivity contribution is 7.92. The maximum Gasteiger partial charge on any atom is 0.261 e. The Morgan fingerprint density at radius 2 is 1.83 bits per heavy atom. The molecule has 0 amide bonds. The third-order valence-corrected chi connectivity index (χ3v) is 5.58. The zero-order valence-electron chi connectivity index (χ0n) is 16.3. The predicted octanol–water partition coefficient (Wildman–Crippen LogP) is 2.99. The molecule has 0 bridgehead atoms. The van der Waals surface area contributed by atoms with Gasteiger partial charge in [0.25, 0.3) is 10.0 Å². The fourth-order valence-corrected chi connectivity index (χ4v) is 4.02. The minimum absolute atomic E-state index is 0.123. The van der Waals surface area contributed by atoms with E-state index in [1.54, 1.807) is 42.5 Å². The summed E-state index contributed by atoms with van der Waals surface area (Å²) in [7, 11) is -3.68. The van der Waals surface area contributed by atoms with E-state index >= 15 is 0 Å². The van der Waals surface area contributed by atoms with Crippen LogP contribution in [0, 0.1) is 5.92 Å². The molecule has 3 rings (SSSR count). The Bertz CT molecular complexity index is 1160. The van der Waals surface area contributed by atoms with Crippen LogP contribution in [0.15, 0.2) is 69.8 Å². The van der Waals surface area contributed by atoms with Crippen molar-refractivity contribution in [2.45, 2.75) is 25.2 Å². The smallest absolute Gasteiger partial charge is 0.261 e. The number of nitrogens with one attached hydrogen (secondary N) is 2. The van der Waals surface area contributed by atoms with Crippen molar-refractivity contribution in [1.29, 1.82) is 0 Å². The van der Waals surface area contributed by atoms with Gasteiger partial charge in [-0.15, -0.1) is 5.10 Å². The van der Waals surface area contributed by atoms with E-state index in [2.05, 4.69) is 33.8 Å². The van der Waals surface area contributed by atoms with Gasteiger partial charge in [-0.05, 0) is 42.7 Å². The van der Waals surface area contributed by atoms with Crippen molar-refractivity contribution in [3.8, 4) is 0 Å². The average molecular weight is 413 g/mol. The number of aromatic nitrogens is 1. The topological polar surface area (TPSA) is 139 Å². The Kier molecular flexibility index (Phi) is 5.88. The predicted molar refractivity (Wildman–Crippen MR) is 117 cm³/mol.